The molecule has 6 heteroatoms. The topological polar surface area (TPSA) is 76.7 Å². The summed E-state index contributed by atoms with van der Waals surface area (Å²) in [6, 6.07) is 3.24. The van der Waals surface area contributed by atoms with Gasteiger partial charge in [0.05, 0.1) is 17.4 Å². The van der Waals surface area contributed by atoms with Crippen molar-refractivity contribution in [1.82, 2.24) is 0 Å². The number of furan rings is 1. The number of hydrogen-bond donors (Lipinski definition) is 1. The summed E-state index contributed by atoms with van der Waals surface area (Å²) in [7, 11) is 0. The third-order valence-corrected chi connectivity index (χ3v) is 3.30. The minimum absolute atomic E-state index is 0.0806. The zero-order valence-electron chi connectivity index (χ0n) is 9.42. The number of ketones is 1. The Labute approximate surface area is 116 Å². The van der Waals surface area contributed by atoms with Crippen LogP contribution in [0.2, 0.25) is 0 Å². The van der Waals surface area contributed by atoms with Gasteiger partial charge in [-0.25, -0.2) is 4.79 Å². The number of halogens is 1. The fourth-order valence-electron chi connectivity index (χ4n) is 2.09. The van der Waals surface area contributed by atoms with Gasteiger partial charge in [0.2, 0.25) is 0 Å². The van der Waals surface area contributed by atoms with Crippen LogP contribution in [-0.2, 0) is 14.3 Å². The summed E-state index contributed by atoms with van der Waals surface area (Å²) >= 11 is 3.18. The summed E-state index contributed by atoms with van der Waals surface area (Å²) in [6.07, 6.45) is 3.41. The summed E-state index contributed by atoms with van der Waals surface area (Å²) in [5, 5.41) is 9.31. The number of rotatable bonds is 2. The highest BCUT2D eigenvalue weighted by atomic mass is 79.9. The number of aliphatic carboxylic acids is 1. The number of fused-ring (bicyclic) bond motifs is 1. The lowest BCUT2D eigenvalue weighted by Crippen LogP contribution is -2.12. The van der Waals surface area contributed by atoms with E-state index in [-0.39, 0.29) is 16.9 Å². The predicted octanol–water partition coefficient (Wildman–Crippen LogP) is 2.48. The molecule has 0 spiro atoms. The Morgan fingerprint density at radius 1 is 1.37 bits per heavy atom. The SMILES string of the molecule is O=C(O)C1=C2C(=O)C=C(Br)C=C2OC1c1ccco1. The zero-order valence-corrected chi connectivity index (χ0v) is 11.0. The summed E-state index contributed by atoms with van der Waals surface area (Å²) in [5.74, 6) is -0.988. The van der Waals surface area contributed by atoms with Gasteiger partial charge in [0.15, 0.2) is 11.9 Å². The Morgan fingerprint density at radius 2 is 2.16 bits per heavy atom. The molecule has 0 aromatic carbocycles. The number of carbonyl (C=O) groups is 2. The molecule has 96 valence electrons. The second kappa shape index (κ2) is 4.24. The maximum absolute atomic E-state index is 11.9. The molecular weight excluding hydrogens is 316 g/mol. The molecule has 3 rings (SSSR count). The van der Waals surface area contributed by atoms with E-state index >= 15 is 0 Å². The molecule has 1 aliphatic carbocycles. The quantitative estimate of drug-likeness (QED) is 0.905. The predicted molar refractivity (Wildman–Crippen MR) is 67.3 cm³/mol. The molecule has 1 unspecified atom stereocenters. The van der Waals surface area contributed by atoms with Crippen LogP contribution in [0.4, 0.5) is 0 Å². The molecule has 1 N–H and O–H groups in total. The molecule has 0 amide bonds. The molecule has 2 aliphatic rings. The molecule has 2 heterocycles. The van der Waals surface area contributed by atoms with Crippen LogP contribution in [0, 0.1) is 0 Å². The van der Waals surface area contributed by atoms with E-state index in [0.717, 1.165) is 0 Å². The van der Waals surface area contributed by atoms with E-state index in [1.165, 1.54) is 12.3 Å². The molecule has 0 saturated carbocycles. The molecule has 1 aromatic heterocycles. The highest BCUT2D eigenvalue weighted by Gasteiger charge is 2.41. The largest absolute Gasteiger partial charge is 0.478 e. The lowest BCUT2D eigenvalue weighted by atomic mass is 9.97. The van der Waals surface area contributed by atoms with Gasteiger partial charge in [0.25, 0.3) is 0 Å². The van der Waals surface area contributed by atoms with Crippen molar-refractivity contribution < 1.29 is 23.8 Å². The van der Waals surface area contributed by atoms with Crippen molar-refractivity contribution in [2.24, 2.45) is 0 Å². The van der Waals surface area contributed by atoms with Gasteiger partial charge >= 0.3 is 5.97 Å². The van der Waals surface area contributed by atoms with Crippen molar-refractivity contribution in [3.8, 4) is 0 Å². The second-order valence-electron chi connectivity index (χ2n) is 4.01. The van der Waals surface area contributed by atoms with E-state index in [4.69, 9.17) is 9.15 Å². The van der Waals surface area contributed by atoms with Gasteiger partial charge < -0.3 is 14.3 Å². The van der Waals surface area contributed by atoms with Crippen molar-refractivity contribution in [2.45, 2.75) is 6.10 Å². The third-order valence-electron chi connectivity index (χ3n) is 2.84. The van der Waals surface area contributed by atoms with Crippen LogP contribution in [0.25, 0.3) is 0 Å². The van der Waals surface area contributed by atoms with Crippen molar-refractivity contribution in [3.05, 3.63) is 57.7 Å². The number of ether oxygens (including phenoxy) is 1. The van der Waals surface area contributed by atoms with Crippen LogP contribution in [0.1, 0.15) is 11.9 Å². The average molecular weight is 323 g/mol. The number of carbonyl (C=O) groups excluding carboxylic acids is 1. The number of allylic oxidation sites excluding steroid dienone is 4. The van der Waals surface area contributed by atoms with Crippen LogP contribution in [0.15, 0.2) is 56.4 Å². The van der Waals surface area contributed by atoms with Gasteiger partial charge in [-0.05, 0) is 18.2 Å². The summed E-state index contributed by atoms with van der Waals surface area (Å²) in [6.45, 7) is 0. The highest BCUT2D eigenvalue weighted by Crippen LogP contribution is 2.43. The number of carboxylic acid groups (broad SMARTS) is 1. The van der Waals surface area contributed by atoms with Gasteiger partial charge in [-0.1, -0.05) is 15.9 Å². The monoisotopic (exact) mass is 322 g/mol. The normalized spacial score (nSPS) is 21.7. The summed E-state index contributed by atoms with van der Waals surface area (Å²) in [5.41, 5.74) is -0.0143. The van der Waals surface area contributed by atoms with Crippen LogP contribution in [0.3, 0.4) is 0 Å². The van der Waals surface area contributed by atoms with E-state index < -0.39 is 17.9 Å². The molecule has 0 fully saturated rings. The molecule has 0 saturated heterocycles. The van der Waals surface area contributed by atoms with Gasteiger partial charge in [0.1, 0.15) is 11.5 Å². The summed E-state index contributed by atoms with van der Waals surface area (Å²) < 4.78 is 11.3. The lowest BCUT2D eigenvalue weighted by Gasteiger charge is -2.10. The minimum Gasteiger partial charge on any atom is -0.478 e. The molecule has 1 aromatic rings. The van der Waals surface area contributed by atoms with Gasteiger partial charge in [-0.2, -0.15) is 0 Å². The maximum Gasteiger partial charge on any atom is 0.336 e. The van der Waals surface area contributed by atoms with Crippen molar-refractivity contribution in [1.29, 1.82) is 0 Å². The molecule has 19 heavy (non-hydrogen) atoms. The Bertz CT molecular complexity index is 663. The van der Waals surface area contributed by atoms with Crippen molar-refractivity contribution in [3.63, 3.8) is 0 Å². The minimum atomic E-state index is -1.19. The maximum atomic E-state index is 11.9. The molecule has 1 atom stereocenters. The van der Waals surface area contributed by atoms with Gasteiger partial charge in [0, 0.05) is 10.6 Å². The number of hydrogen-bond acceptors (Lipinski definition) is 4. The van der Waals surface area contributed by atoms with Gasteiger partial charge in [-0.15, -0.1) is 0 Å². The Morgan fingerprint density at radius 3 is 2.79 bits per heavy atom. The van der Waals surface area contributed by atoms with Crippen LogP contribution in [0.5, 0.6) is 0 Å². The highest BCUT2D eigenvalue weighted by molar-refractivity contribution is 9.11. The van der Waals surface area contributed by atoms with E-state index in [1.54, 1.807) is 18.2 Å². The first-order valence-electron chi connectivity index (χ1n) is 5.39. The number of carboxylic acids is 1. The fourth-order valence-corrected chi connectivity index (χ4v) is 2.51. The van der Waals surface area contributed by atoms with Crippen LogP contribution >= 0.6 is 15.9 Å². The van der Waals surface area contributed by atoms with E-state index in [2.05, 4.69) is 15.9 Å². The Hall–Kier alpha value is -2.08. The van der Waals surface area contributed by atoms with E-state index in [1.807, 2.05) is 0 Å². The molecule has 1 aliphatic heterocycles. The summed E-state index contributed by atoms with van der Waals surface area (Å²) in [4.78, 5) is 23.3. The fraction of sp³-hybridized carbons (Fsp3) is 0.0769. The first-order valence-corrected chi connectivity index (χ1v) is 6.18. The standard InChI is InChI=1S/C13H7BrO5/c14-6-4-7(15)10-9(5-6)19-12(11(10)13(16)17)8-2-1-3-18-8/h1-5,12H,(H,16,17). The van der Waals surface area contributed by atoms with Crippen molar-refractivity contribution in [2.75, 3.05) is 0 Å². The van der Waals surface area contributed by atoms with E-state index in [9.17, 15) is 14.7 Å². The molecule has 0 bridgehead atoms. The van der Waals surface area contributed by atoms with Gasteiger partial charge in [-0.3, -0.25) is 4.79 Å². The molecular formula is C13H7BrO5. The first kappa shape index (κ1) is 12.0. The average Bonchev–Trinajstić information content (AvgIpc) is 2.92. The Kier molecular flexibility index (Phi) is 2.67. The van der Waals surface area contributed by atoms with Crippen LogP contribution in [-0.4, -0.2) is 16.9 Å². The first-order chi connectivity index (χ1) is 9.08. The zero-order chi connectivity index (χ0) is 13.6. The lowest BCUT2D eigenvalue weighted by molar-refractivity contribution is -0.133. The molecule has 0 radical (unpaired) electrons. The Balaban J connectivity index is 2.16. The second-order valence-corrected chi connectivity index (χ2v) is 4.92. The van der Waals surface area contributed by atoms with Crippen molar-refractivity contribution >= 4 is 27.7 Å². The smallest absolute Gasteiger partial charge is 0.336 e. The third kappa shape index (κ3) is 1.84. The van der Waals surface area contributed by atoms with Crippen LogP contribution < -0.4 is 0 Å². The van der Waals surface area contributed by atoms with E-state index in [0.29, 0.717) is 10.2 Å². The molecule has 5 nitrogen and oxygen atoms in total.